The maximum Gasteiger partial charge on any atom is 0.416 e. The van der Waals surface area contributed by atoms with E-state index in [-0.39, 0.29) is 35.3 Å². The number of halogens is 3. The molecule has 0 bridgehead atoms. The average molecular weight is 456 g/mol. The van der Waals surface area contributed by atoms with E-state index in [4.69, 9.17) is 4.74 Å². The van der Waals surface area contributed by atoms with Crippen molar-refractivity contribution in [3.8, 4) is 5.75 Å². The number of hydrogen-bond acceptors (Lipinski definition) is 4. The Morgan fingerprint density at radius 3 is 2.26 bits per heavy atom. The largest absolute Gasteiger partial charge is 0.495 e. The van der Waals surface area contributed by atoms with Crippen LogP contribution < -0.4 is 10.1 Å². The zero-order chi connectivity index (χ0) is 22.8. The quantitative estimate of drug-likeness (QED) is 0.736. The highest BCUT2D eigenvalue weighted by Crippen LogP contribution is 2.32. The van der Waals surface area contributed by atoms with Gasteiger partial charge in [0.05, 0.1) is 12.7 Å². The monoisotopic (exact) mass is 456 g/mol. The molecule has 6 nitrogen and oxygen atoms in total. The Kier molecular flexibility index (Phi) is 6.61. The maximum atomic E-state index is 13.1. The normalized spacial score (nSPS) is 16.2. The summed E-state index contributed by atoms with van der Waals surface area (Å²) in [6.07, 6.45) is -3.83. The van der Waals surface area contributed by atoms with E-state index >= 15 is 0 Å². The van der Waals surface area contributed by atoms with Gasteiger partial charge in [-0.15, -0.1) is 0 Å². The van der Waals surface area contributed by atoms with Crippen LogP contribution in [0.3, 0.4) is 0 Å². The van der Waals surface area contributed by atoms with Crippen molar-refractivity contribution in [1.29, 1.82) is 0 Å². The number of rotatable bonds is 5. The summed E-state index contributed by atoms with van der Waals surface area (Å²) in [5.41, 5.74) is 0.248. The van der Waals surface area contributed by atoms with Gasteiger partial charge in [0.1, 0.15) is 10.6 Å². The second-order valence-corrected chi connectivity index (χ2v) is 9.30. The molecule has 1 aliphatic heterocycles. The SMILES string of the molecule is COc1ccc(C)cc1S(=O)(=O)N1CCC(C(=O)Nc2ccc(C(F)(F)F)cc2)CC1. The van der Waals surface area contributed by atoms with Gasteiger partial charge in [0.2, 0.25) is 15.9 Å². The number of carbonyl (C=O) groups excluding carboxylic acids is 1. The van der Waals surface area contributed by atoms with Gasteiger partial charge in [0.25, 0.3) is 0 Å². The van der Waals surface area contributed by atoms with Crippen LogP contribution in [0.5, 0.6) is 5.75 Å². The predicted molar refractivity (Wildman–Crippen MR) is 109 cm³/mol. The third kappa shape index (κ3) is 5.19. The number of piperidine rings is 1. The van der Waals surface area contributed by atoms with Crippen LogP contribution in [0.2, 0.25) is 0 Å². The Hall–Kier alpha value is -2.59. The van der Waals surface area contributed by atoms with Gasteiger partial charge in [-0.1, -0.05) is 6.07 Å². The number of methoxy groups -OCH3 is 1. The van der Waals surface area contributed by atoms with E-state index in [0.717, 1.165) is 17.7 Å². The second kappa shape index (κ2) is 8.88. The Bertz CT molecular complexity index is 1050. The van der Waals surface area contributed by atoms with E-state index in [1.807, 2.05) is 0 Å². The summed E-state index contributed by atoms with van der Waals surface area (Å²) in [5, 5.41) is 2.61. The molecule has 0 spiro atoms. The number of sulfonamides is 1. The van der Waals surface area contributed by atoms with E-state index in [0.29, 0.717) is 12.8 Å². The molecule has 0 unspecified atom stereocenters. The van der Waals surface area contributed by atoms with Gasteiger partial charge in [-0.25, -0.2) is 8.42 Å². The Morgan fingerprint density at radius 1 is 1.10 bits per heavy atom. The fraction of sp³-hybridized carbons (Fsp3) is 0.381. The van der Waals surface area contributed by atoms with Gasteiger partial charge < -0.3 is 10.1 Å². The van der Waals surface area contributed by atoms with Gasteiger partial charge in [-0.3, -0.25) is 4.79 Å². The van der Waals surface area contributed by atoms with Crippen LogP contribution in [0.4, 0.5) is 18.9 Å². The molecule has 168 valence electrons. The van der Waals surface area contributed by atoms with Crippen molar-refractivity contribution >= 4 is 21.6 Å². The second-order valence-electron chi connectivity index (χ2n) is 7.40. The number of ether oxygens (including phenoxy) is 1. The molecule has 0 radical (unpaired) electrons. The molecule has 0 aromatic heterocycles. The van der Waals surface area contributed by atoms with Gasteiger partial charge in [-0.2, -0.15) is 17.5 Å². The molecule has 0 aliphatic carbocycles. The van der Waals surface area contributed by atoms with E-state index in [9.17, 15) is 26.4 Å². The highest BCUT2D eigenvalue weighted by Gasteiger charge is 2.34. The van der Waals surface area contributed by atoms with Crippen LogP contribution in [0.15, 0.2) is 47.4 Å². The molecule has 2 aromatic rings. The molecule has 0 atom stereocenters. The van der Waals surface area contributed by atoms with Crippen molar-refractivity contribution in [2.45, 2.75) is 30.8 Å². The number of nitrogens with zero attached hydrogens (tertiary/aromatic N) is 1. The minimum atomic E-state index is -4.44. The summed E-state index contributed by atoms with van der Waals surface area (Å²) in [4.78, 5) is 12.6. The van der Waals surface area contributed by atoms with Crippen LogP contribution in [0.25, 0.3) is 0 Å². The average Bonchev–Trinajstić information content (AvgIpc) is 2.73. The van der Waals surface area contributed by atoms with E-state index in [1.165, 1.54) is 23.5 Å². The van der Waals surface area contributed by atoms with E-state index in [1.54, 1.807) is 25.1 Å². The molecule has 1 aliphatic rings. The molecule has 3 rings (SSSR count). The number of benzene rings is 2. The number of aryl methyl sites for hydroxylation is 1. The van der Waals surface area contributed by atoms with Crippen LogP contribution >= 0.6 is 0 Å². The minimum Gasteiger partial charge on any atom is -0.495 e. The lowest BCUT2D eigenvalue weighted by Gasteiger charge is -2.31. The van der Waals surface area contributed by atoms with Crippen LogP contribution in [0.1, 0.15) is 24.0 Å². The number of hydrogen-bond donors (Lipinski definition) is 1. The summed E-state index contributed by atoms with van der Waals surface area (Å²) < 4.78 is 70.6. The molecule has 10 heteroatoms. The lowest BCUT2D eigenvalue weighted by Crippen LogP contribution is -2.41. The zero-order valence-electron chi connectivity index (χ0n) is 17.1. The van der Waals surface area contributed by atoms with Gasteiger partial charge in [-0.05, 0) is 61.7 Å². The molecule has 1 fully saturated rings. The smallest absolute Gasteiger partial charge is 0.416 e. The van der Waals surface area contributed by atoms with Crippen LogP contribution in [-0.2, 0) is 21.0 Å². The summed E-state index contributed by atoms with van der Waals surface area (Å²) in [6.45, 7) is 2.10. The molecule has 1 N–H and O–H groups in total. The fourth-order valence-corrected chi connectivity index (χ4v) is 5.18. The topological polar surface area (TPSA) is 75.7 Å². The standard InChI is InChI=1S/C21H23F3N2O4S/c1-14-3-8-18(30-2)19(13-14)31(28,29)26-11-9-15(10-12-26)20(27)25-17-6-4-16(5-7-17)21(22,23)24/h3-8,13,15H,9-12H2,1-2H3,(H,25,27). The molecule has 2 aromatic carbocycles. The summed E-state index contributed by atoms with van der Waals surface area (Å²) in [7, 11) is -2.38. The first kappa shape index (κ1) is 23.1. The van der Waals surface area contributed by atoms with Gasteiger partial charge in [0, 0.05) is 24.7 Å². The molecule has 1 heterocycles. The van der Waals surface area contributed by atoms with E-state index in [2.05, 4.69) is 5.32 Å². The molecule has 0 saturated carbocycles. The number of amides is 1. The van der Waals surface area contributed by atoms with E-state index < -0.39 is 27.7 Å². The zero-order valence-corrected chi connectivity index (χ0v) is 17.9. The lowest BCUT2D eigenvalue weighted by molar-refractivity contribution is -0.137. The number of alkyl halides is 3. The summed E-state index contributed by atoms with van der Waals surface area (Å²) in [6, 6.07) is 9.12. The third-order valence-corrected chi connectivity index (χ3v) is 7.16. The minimum absolute atomic E-state index is 0.0858. The van der Waals surface area contributed by atoms with Crippen molar-refractivity contribution in [1.82, 2.24) is 4.31 Å². The van der Waals surface area contributed by atoms with Gasteiger partial charge in [0.15, 0.2) is 0 Å². The molecular weight excluding hydrogens is 433 g/mol. The molecule has 1 amide bonds. The van der Waals surface area contributed by atoms with Crippen LogP contribution in [-0.4, -0.2) is 38.8 Å². The van der Waals surface area contributed by atoms with Crippen molar-refractivity contribution in [3.63, 3.8) is 0 Å². The van der Waals surface area contributed by atoms with Crippen molar-refractivity contribution in [2.24, 2.45) is 5.92 Å². The molecular formula is C21H23F3N2O4S. The fourth-order valence-electron chi connectivity index (χ4n) is 3.47. The third-order valence-electron chi connectivity index (χ3n) is 5.24. The first-order valence-electron chi connectivity index (χ1n) is 9.65. The number of anilines is 1. The first-order chi connectivity index (χ1) is 14.5. The number of carbonyl (C=O) groups is 1. The maximum absolute atomic E-state index is 13.1. The van der Waals surface area contributed by atoms with Crippen molar-refractivity contribution in [3.05, 3.63) is 53.6 Å². The highest BCUT2D eigenvalue weighted by molar-refractivity contribution is 7.89. The summed E-state index contributed by atoms with van der Waals surface area (Å²) >= 11 is 0. The lowest BCUT2D eigenvalue weighted by atomic mass is 9.97. The van der Waals surface area contributed by atoms with Crippen molar-refractivity contribution in [2.75, 3.05) is 25.5 Å². The first-order valence-corrected chi connectivity index (χ1v) is 11.1. The highest BCUT2D eigenvalue weighted by atomic mass is 32.2. The van der Waals surface area contributed by atoms with Crippen LogP contribution in [0, 0.1) is 12.8 Å². The molecule has 1 saturated heterocycles. The van der Waals surface area contributed by atoms with Crippen molar-refractivity contribution < 1.29 is 31.1 Å². The number of nitrogens with one attached hydrogen (secondary N) is 1. The summed E-state index contributed by atoms with van der Waals surface area (Å²) in [5.74, 6) is -0.522. The Balaban J connectivity index is 1.64. The van der Waals surface area contributed by atoms with Gasteiger partial charge >= 0.3 is 6.18 Å². The Morgan fingerprint density at radius 2 is 1.71 bits per heavy atom. The predicted octanol–water partition coefficient (Wildman–Crippen LogP) is 4.06. The Labute approximate surface area is 179 Å². The molecule has 31 heavy (non-hydrogen) atoms.